The molecule has 6 nitrogen and oxygen atoms in total. The second-order valence-electron chi connectivity index (χ2n) is 6.29. The highest BCUT2D eigenvalue weighted by molar-refractivity contribution is 6.09. The largest absolute Gasteiger partial charge is 0.367 e. The molecule has 0 atom stereocenters. The third-order valence-corrected chi connectivity index (χ3v) is 4.62. The minimum atomic E-state index is -0.466. The number of nitrogens with one attached hydrogen (secondary N) is 1. The van der Waals surface area contributed by atoms with Gasteiger partial charge in [0.05, 0.1) is 5.54 Å². The molecule has 24 heavy (non-hydrogen) atoms. The standard InChI is InChI=1S/C18H18N4O2/c19-18(8-1-2-9-18)17-21-16(24-22-17)13-5-3-12(4-6-13)15(23)14-7-10-20-11-14/h3-7,10-11,20H,1-2,8-9,19H2. The van der Waals surface area contributed by atoms with Gasteiger partial charge < -0.3 is 15.2 Å². The smallest absolute Gasteiger partial charge is 0.257 e. The molecule has 1 aliphatic carbocycles. The zero-order valence-electron chi connectivity index (χ0n) is 13.2. The summed E-state index contributed by atoms with van der Waals surface area (Å²) < 4.78 is 5.37. The van der Waals surface area contributed by atoms with Crippen LogP contribution >= 0.6 is 0 Å². The van der Waals surface area contributed by atoms with Gasteiger partial charge in [-0.05, 0) is 31.0 Å². The van der Waals surface area contributed by atoms with Crippen molar-refractivity contribution in [2.45, 2.75) is 31.2 Å². The number of nitrogens with zero attached hydrogens (tertiary/aromatic N) is 2. The fraction of sp³-hybridized carbons (Fsp3) is 0.278. The van der Waals surface area contributed by atoms with Crippen LogP contribution in [0.15, 0.2) is 47.2 Å². The Labute approximate surface area is 139 Å². The molecule has 3 N–H and O–H groups in total. The van der Waals surface area contributed by atoms with Crippen molar-refractivity contribution < 1.29 is 9.32 Å². The normalized spacial score (nSPS) is 16.4. The lowest BCUT2D eigenvalue weighted by Gasteiger charge is -2.17. The summed E-state index contributed by atoms with van der Waals surface area (Å²) in [6.07, 6.45) is 7.37. The first kappa shape index (κ1) is 14.8. The molecular weight excluding hydrogens is 304 g/mol. The summed E-state index contributed by atoms with van der Waals surface area (Å²) in [5, 5.41) is 4.06. The molecule has 2 aromatic heterocycles. The Balaban J connectivity index is 1.57. The van der Waals surface area contributed by atoms with Gasteiger partial charge in [0.25, 0.3) is 5.89 Å². The molecule has 0 aliphatic heterocycles. The van der Waals surface area contributed by atoms with Crippen molar-refractivity contribution in [3.63, 3.8) is 0 Å². The number of aromatic nitrogens is 3. The zero-order valence-corrected chi connectivity index (χ0v) is 13.2. The van der Waals surface area contributed by atoms with Crippen LogP contribution in [0.3, 0.4) is 0 Å². The molecular formula is C18H18N4O2. The molecule has 0 bridgehead atoms. The monoisotopic (exact) mass is 322 g/mol. The summed E-state index contributed by atoms with van der Waals surface area (Å²) in [5.74, 6) is 0.978. The fourth-order valence-electron chi connectivity index (χ4n) is 3.17. The van der Waals surface area contributed by atoms with Crippen molar-refractivity contribution in [1.29, 1.82) is 0 Å². The number of H-pyrrole nitrogens is 1. The van der Waals surface area contributed by atoms with E-state index in [4.69, 9.17) is 10.3 Å². The van der Waals surface area contributed by atoms with Crippen LogP contribution in [0, 0.1) is 0 Å². The van der Waals surface area contributed by atoms with Crippen LogP contribution in [-0.4, -0.2) is 20.9 Å². The van der Waals surface area contributed by atoms with Crippen molar-refractivity contribution in [2.75, 3.05) is 0 Å². The van der Waals surface area contributed by atoms with E-state index in [1.54, 1.807) is 30.6 Å². The Bertz CT molecular complexity index is 844. The molecule has 122 valence electrons. The van der Waals surface area contributed by atoms with Crippen molar-refractivity contribution in [3.8, 4) is 11.5 Å². The summed E-state index contributed by atoms with van der Waals surface area (Å²) in [4.78, 5) is 19.6. The van der Waals surface area contributed by atoms with E-state index in [2.05, 4.69) is 15.1 Å². The highest BCUT2D eigenvalue weighted by Crippen LogP contribution is 2.35. The molecule has 2 heterocycles. The van der Waals surface area contributed by atoms with E-state index < -0.39 is 5.54 Å². The molecule has 3 aromatic rings. The first-order valence-corrected chi connectivity index (χ1v) is 8.07. The molecule has 0 spiro atoms. The SMILES string of the molecule is NC1(c2noc(-c3ccc(C(=O)c4cc[nH]c4)cc3)n2)CCCC1. The van der Waals surface area contributed by atoms with E-state index in [1.807, 2.05) is 12.1 Å². The van der Waals surface area contributed by atoms with Crippen LogP contribution in [-0.2, 0) is 5.54 Å². The highest BCUT2D eigenvalue weighted by Gasteiger charge is 2.36. The minimum Gasteiger partial charge on any atom is -0.367 e. The average molecular weight is 322 g/mol. The first-order chi connectivity index (χ1) is 11.7. The number of ketones is 1. The number of nitrogens with two attached hydrogens (primary N) is 1. The molecule has 0 radical (unpaired) electrons. The van der Waals surface area contributed by atoms with Crippen LogP contribution < -0.4 is 5.73 Å². The van der Waals surface area contributed by atoms with Gasteiger partial charge in [-0.2, -0.15) is 4.98 Å². The molecule has 6 heteroatoms. The molecule has 1 saturated carbocycles. The van der Waals surface area contributed by atoms with E-state index in [-0.39, 0.29) is 5.78 Å². The molecule has 0 saturated heterocycles. The second kappa shape index (κ2) is 5.72. The lowest BCUT2D eigenvalue weighted by Crippen LogP contribution is -2.34. The lowest BCUT2D eigenvalue weighted by atomic mass is 9.98. The number of carbonyl (C=O) groups is 1. The number of carbonyl (C=O) groups excluding carboxylic acids is 1. The molecule has 1 aromatic carbocycles. The third-order valence-electron chi connectivity index (χ3n) is 4.62. The summed E-state index contributed by atoms with van der Waals surface area (Å²) >= 11 is 0. The Hall–Kier alpha value is -2.73. The maximum Gasteiger partial charge on any atom is 0.257 e. The predicted octanol–water partition coefficient (Wildman–Crippen LogP) is 3.02. The van der Waals surface area contributed by atoms with E-state index in [9.17, 15) is 4.79 Å². The lowest BCUT2D eigenvalue weighted by molar-refractivity contribution is 0.103. The van der Waals surface area contributed by atoms with Crippen LogP contribution in [0.1, 0.15) is 47.4 Å². The summed E-state index contributed by atoms with van der Waals surface area (Å²) in [6, 6.07) is 8.91. The fourth-order valence-corrected chi connectivity index (χ4v) is 3.17. The third kappa shape index (κ3) is 2.55. The van der Waals surface area contributed by atoms with Gasteiger partial charge in [0.2, 0.25) is 0 Å². The van der Waals surface area contributed by atoms with Gasteiger partial charge >= 0.3 is 0 Å². The zero-order chi connectivity index (χ0) is 16.6. The van der Waals surface area contributed by atoms with Crippen LogP contribution in [0.25, 0.3) is 11.5 Å². The summed E-state index contributed by atoms with van der Waals surface area (Å²) in [5.41, 5.74) is 7.92. The van der Waals surface area contributed by atoms with Crippen molar-refractivity contribution in [3.05, 3.63) is 59.7 Å². The Morgan fingerprint density at radius 1 is 1.12 bits per heavy atom. The second-order valence-corrected chi connectivity index (χ2v) is 6.29. The van der Waals surface area contributed by atoms with E-state index in [0.717, 1.165) is 31.2 Å². The Morgan fingerprint density at radius 2 is 1.88 bits per heavy atom. The first-order valence-electron chi connectivity index (χ1n) is 8.07. The maximum atomic E-state index is 12.3. The number of hydrogen-bond acceptors (Lipinski definition) is 5. The number of aromatic amines is 1. The number of hydrogen-bond donors (Lipinski definition) is 2. The van der Waals surface area contributed by atoms with Gasteiger partial charge in [0.1, 0.15) is 0 Å². The van der Waals surface area contributed by atoms with Crippen molar-refractivity contribution >= 4 is 5.78 Å². The van der Waals surface area contributed by atoms with Crippen LogP contribution in [0.5, 0.6) is 0 Å². The molecule has 0 unspecified atom stereocenters. The van der Waals surface area contributed by atoms with E-state index in [0.29, 0.717) is 22.8 Å². The molecule has 1 aliphatic rings. The van der Waals surface area contributed by atoms with Crippen molar-refractivity contribution in [2.24, 2.45) is 5.73 Å². The molecule has 4 rings (SSSR count). The Kier molecular flexibility index (Phi) is 3.54. The van der Waals surface area contributed by atoms with Gasteiger partial charge in [-0.3, -0.25) is 4.79 Å². The molecule has 0 amide bonds. The predicted molar refractivity (Wildman–Crippen MR) is 88.3 cm³/mol. The highest BCUT2D eigenvalue weighted by atomic mass is 16.5. The Morgan fingerprint density at radius 3 is 2.54 bits per heavy atom. The number of rotatable bonds is 4. The van der Waals surface area contributed by atoms with Gasteiger partial charge in [0, 0.05) is 29.1 Å². The quantitative estimate of drug-likeness (QED) is 0.719. The molecule has 1 fully saturated rings. The minimum absolute atomic E-state index is 0.0270. The average Bonchev–Trinajstić information content (AvgIpc) is 3.35. The van der Waals surface area contributed by atoms with Gasteiger partial charge in [-0.25, -0.2) is 0 Å². The van der Waals surface area contributed by atoms with Gasteiger partial charge in [-0.15, -0.1) is 0 Å². The maximum absolute atomic E-state index is 12.3. The van der Waals surface area contributed by atoms with E-state index in [1.165, 1.54) is 0 Å². The summed E-state index contributed by atoms with van der Waals surface area (Å²) in [7, 11) is 0. The number of benzene rings is 1. The van der Waals surface area contributed by atoms with Gasteiger partial charge in [-0.1, -0.05) is 30.1 Å². The van der Waals surface area contributed by atoms with Gasteiger partial charge in [0.15, 0.2) is 11.6 Å². The van der Waals surface area contributed by atoms with E-state index >= 15 is 0 Å². The summed E-state index contributed by atoms with van der Waals surface area (Å²) in [6.45, 7) is 0. The van der Waals surface area contributed by atoms with Crippen LogP contribution in [0.4, 0.5) is 0 Å². The van der Waals surface area contributed by atoms with Crippen molar-refractivity contribution in [1.82, 2.24) is 15.1 Å². The van der Waals surface area contributed by atoms with Crippen LogP contribution in [0.2, 0.25) is 0 Å². The topological polar surface area (TPSA) is 97.8 Å².